The van der Waals surface area contributed by atoms with E-state index < -0.39 is 5.97 Å². The van der Waals surface area contributed by atoms with Crippen molar-refractivity contribution in [3.63, 3.8) is 0 Å². The van der Waals surface area contributed by atoms with Crippen LogP contribution in [0.3, 0.4) is 0 Å². The van der Waals surface area contributed by atoms with Crippen molar-refractivity contribution >= 4 is 17.6 Å². The van der Waals surface area contributed by atoms with Gasteiger partial charge in [-0.2, -0.15) is 0 Å². The summed E-state index contributed by atoms with van der Waals surface area (Å²) in [5.41, 5.74) is 1.07. The number of rotatable bonds is 3. The van der Waals surface area contributed by atoms with Crippen LogP contribution in [0, 0.1) is 0 Å². The number of aromatic carboxylic acids is 1. The molecule has 0 bridgehead atoms. The van der Waals surface area contributed by atoms with Crippen LogP contribution < -0.4 is 0 Å². The molecule has 0 aliphatic carbocycles. The maximum absolute atomic E-state index is 10.6. The molecule has 0 aromatic heterocycles. The fraction of sp³-hybridized carbons (Fsp3) is 0.100. The lowest BCUT2D eigenvalue weighted by Gasteiger charge is -2.00. The second-order valence-corrected chi connectivity index (χ2v) is 3.08. The molecule has 13 heavy (non-hydrogen) atoms. The topological polar surface area (TPSA) is 37.3 Å². The molecule has 0 spiro atoms. The molecule has 1 aromatic carbocycles. The van der Waals surface area contributed by atoms with Gasteiger partial charge in [-0.05, 0) is 30.2 Å². The summed E-state index contributed by atoms with van der Waals surface area (Å²) in [5.74, 6) is -0.965. The normalized spacial score (nSPS) is 9.62. The molecular formula is C10H9ClO2. The van der Waals surface area contributed by atoms with Crippen molar-refractivity contribution in [3.8, 4) is 0 Å². The zero-order valence-electron chi connectivity index (χ0n) is 6.96. The third kappa shape index (κ3) is 2.60. The van der Waals surface area contributed by atoms with Crippen LogP contribution in [0.2, 0.25) is 5.02 Å². The van der Waals surface area contributed by atoms with Crippen LogP contribution in [-0.4, -0.2) is 11.1 Å². The predicted molar refractivity (Wildman–Crippen MR) is 52.3 cm³/mol. The number of halogens is 1. The van der Waals surface area contributed by atoms with Crippen molar-refractivity contribution in [2.75, 3.05) is 0 Å². The lowest BCUT2D eigenvalue weighted by Crippen LogP contribution is -1.97. The number of hydrogen-bond donors (Lipinski definition) is 1. The Morgan fingerprint density at radius 1 is 1.54 bits per heavy atom. The monoisotopic (exact) mass is 196 g/mol. The Morgan fingerprint density at radius 2 is 2.23 bits per heavy atom. The van der Waals surface area contributed by atoms with Gasteiger partial charge in [0.05, 0.1) is 5.56 Å². The highest BCUT2D eigenvalue weighted by Crippen LogP contribution is 2.15. The number of carboxylic acids is 1. The fourth-order valence-corrected chi connectivity index (χ4v) is 1.32. The van der Waals surface area contributed by atoms with Crippen LogP contribution in [0.5, 0.6) is 0 Å². The minimum atomic E-state index is -0.965. The molecule has 0 aliphatic heterocycles. The minimum Gasteiger partial charge on any atom is -0.478 e. The van der Waals surface area contributed by atoms with Crippen LogP contribution in [0.4, 0.5) is 0 Å². The van der Waals surface area contributed by atoms with E-state index in [1.54, 1.807) is 18.2 Å². The van der Waals surface area contributed by atoms with E-state index in [0.29, 0.717) is 11.4 Å². The van der Waals surface area contributed by atoms with Crippen LogP contribution in [0.25, 0.3) is 0 Å². The standard InChI is InChI=1S/C10H9ClO2/c1-2-3-7-4-8(10(12)13)6-9(11)5-7/h2,4-6H,1,3H2,(H,12,13). The van der Waals surface area contributed by atoms with Crippen molar-refractivity contribution in [2.24, 2.45) is 0 Å². The quantitative estimate of drug-likeness (QED) is 0.755. The number of benzene rings is 1. The lowest BCUT2D eigenvalue weighted by atomic mass is 10.1. The first-order chi connectivity index (χ1) is 6.13. The largest absolute Gasteiger partial charge is 0.478 e. The maximum Gasteiger partial charge on any atom is 0.335 e. The molecule has 0 fully saturated rings. The smallest absolute Gasteiger partial charge is 0.335 e. The summed E-state index contributed by atoms with van der Waals surface area (Å²) in [7, 11) is 0. The van der Waals surface area contributed by atoms with E-state index in [2.05, 4.69) is 6.58 Å². The summed E-state index contributed by atoms with van der Waals surface area (Å²) >= 11 is 5.73. The highest BCUT2D eigenvalue weighted by molar-refractivity contribution is 6.31. The summed E-state index contributed by atoms with van der Waals surface area (Å²) in [6, 6.07) is 4.75. The van der Waals surface area contributed by atoms with Gasteiger partial charge in [0.15, 0.2) is 0 Å². The van der Waals surface area contributed by atoms with Gasteiger partial charge < -0.3 is 5.11 Å². The number of carbonyl (C=O) groups is 1. The molecule has 0 saturated heterocycles. The summed E-state index contributed by atoms with van der Waals surface area (Å²) < 4.78 is 0. The van der Waals surface area contributed by atoms with E-state index in [9.17, 15) is 4.79 Å². The Labute approximate surface area is 81.5 Å². The zero-order valence-corrected chi connectivity index (χ0v) is 7.71. The van der Waals surface area contributed by atoms with Gasteiger partial charge in [0.1, 0.15) is 0 Å². The Bertz CT molecular complexity index is 345. The second kappa shape index (κ2) is 4.10. The number of carboxylic acid groups (broad SMARTS) is 1. The first kappa shape index (κ1) is 9.81. The van der Waals surface area contributed by atoms with Crippen LogP contribution in [0.1, 0.15) is 15.9 Å². The number of hydrogen-bond acceptors (Lipinski definition) is 1. The van der Waals surface area contributed by atoms with Gasteiger partial charge in [-0.15, -0.1) is 6.58 Å². The maximum atomic E-state index is 10.6. The van der Waals surface area contributed by atoms with Crippen molar-refractivity contribution in [2.45, 2.75) is 6.42 Å². The number of allylic oxidation sites excluding steroid dienone is 1. The highest BCUT2D eigenvalue weighted by atomic mass is 35.5. The molecule has 68 valence electrons. The molecule has 3 heteroatoms. The van der Waals surface area contributed by atoms with Crippen molar-refractivity contribution in [1.82, 2.24) is 0 Å². The molecule has 1 rings (SSSR count). The lowest BCUT2D eigenvalue weighted by molar-refractivity contribution is 0.0697. The van der Waals surface area contributed by atoms with Gasteiger partial charge in [0, 0.05) is 5.02 Å². The fourth-order valence-electron chi connectivity index (χ4n) is 1.06. The first-order valence-electron chi connectivity index (χ1n) is 3.77. The van der Waals surface area contributed by atoms with Gasteiger partial charge >= 0.3 is 5.97 Å². The summed E-state index contributed by atoms with van der Waals surface area (Å²) in [4.78, 5) is 10.6. The van der Waals surface area contributed by atoms with E-state index in [4.69, 9.17) is 16.7 Å². The Hall–Kier alpha value is -1.28. The third-order valence-electron chi connectivity index (χ3n) is 1.58. The van der Waals surface area contributed by atoms with E-state index in [1.807, 2.05) is 0 Å². The van der Waals surface area contributed by atoms with Crippen molar-refractivity contribution < 1.29 is 9.90 Å². The molecule has 1 N–H and O–H groups in total. The van der Waals surface area contributed by atoms with Crippen molar-refractivity contribution in [1.29, 1.82) is 0 Å². The Morgan fingerprint density at radius 3 is 2.77 bits per heavy atom. The second-order valence-electron chi connectivity index (χ2n) is 2.65. The van der Waals surface area contributed by atoms with Gasteiger partial charge in [0.25, 0.3) is 0 Å². The average Bonchev–Trinajstić information content (AvgIpc) is 2.03. The van der Waals surface area contributed by atoms with E-state index in [1.165, 1.54) is 6.07 Å². The molecule has 0 saturated carbocycles. The molecule has 0 heterocycles. The van der Waals surface area contributed by atoms with Gasteiger partial charge in [0.2, 0.25) is 0 Å². The SMILES string of the molecule is C=CCc1cc(Cl)cc(C(=O)O)c1. The van der Waals surface area contributed by atoms with Crippen molar-refractivity contribution in [3.05, 3.63) is 47.0 Å². The molecular weight excluding hydrogens is 188 g/mol. The Kier molecular flexibility index (Phi) is 3.09. The minimum absolute atomic E-state index is 0.212. The first-order valence-corrected chi connectivity index (χ1v) is 4.15. The predicted octanol–water partition coefficient (Wildman–Crippen LogP) is 2.77. The summed E-state index contributed by atoms with van der Waals surface area (Å²) in [5, 5.41) is 9.16. The van der Waals surface area contributed by atoms with E-state index in [-0.39, 0.29) is 5.56 Å². The van der Waals surface area contributed by atoms with Crippen LogP contribution in [-0.2, 0) is 6.42 Å². The van der Waals surface area contributed by atoms with Crippen LogP contribution in [0.15, 0.2) is 30.9 Å². The molecule has 0 unspecified atom stereocenters. The third-order valence-corrected chi connectivity index (χ3v) is 1.80. The van der Waals surface area contributed by atoms with Gasteiger partial charge in [-0.25, -0.2) is 4.79 Å². The summed E-state index contributed by atoms with van der Waals surface area (Å²) in [6.45, 7) is 3.57. The molecule has 2 nitrogen and oxygen atoms in total. The average molecular weight is 197 g/mol. The van der Waals surface area contributed by atoms with E-state index >= 15 is 0 Å². The molecule has 1 aromatic rings. The zero-order chi connectivity index (χ0) is 9.84. The van der Waals surface area contributed by atoms with E-state index in [0.717, 1.165) is 5.56 Å². The summed E-state index contributed by atoms with van der Waals surface area (Å²) in [6.07, 6.45) is 2.33. The van der Waals surface area contributed by atoms with Crippen LogP contribution >= 0.6 is 11.6 Å². The van der Waals surface area contributed by atoms with Gasteiger partial charge in [-0.1, -0.05) is 17.7 Å². The molecule has 0 atom stereocenters. The Balaban J connectivity index is 3.10. The molecule has 0 amide bonds. The molecule has 0 aliphatic rings. The molecule has 0 radical (unpaired) electrons. The highest BCUT2D eigenvalue weighted by Gasteiger charge is 2.04. The van der Waals surface area contributed by atoms with Gasteiger partial charge in [-0.3, -0.25) is 0 Å².